The Balaban J connectivity index is 2.73. The van der Waals surface area contributed by atoms with Gasteiger partial charge < -0.3 is 0 Å². The van der Waals surface area contributed by atoms with Crippen LogP contribution in [-0.4, -0.2) is 35.4 Å². The Morgan fingerprint density at radius 2 is 1.90 bits per heavy atom. The van der Waals surface area contributed by atoms with Gasteiger partial charge in [0.05, 0.1) is 0 Å². The number of hydrogen-bond donors (Lipinski definition) is 0. The summed E-state index contributed by atoms with van der Waals surface area (Å²) in [7, 11) is -3.65. The second kappa shape index (κ2) is 4.52. The maximum absolute atomic E-state index is 12.4. The predicted molar refractivity (Wildman–Crippen MR) is 65.6 cm³/mol. The summed E-state index contributed by atoms with van der Waals surface area (Å²) < 4.78 is 60.0. The number of alkyl halides is 3. The predicted octanol–water partition coefficient (Wildman–Crippen LogP) is 1.13. The summed E-state index contributed by atoms with van der Waals surface area (Å²) in [5.41, 5.74) is -1.37. The van der Waals surface area contributed by atoms with Gasteiger partial charge in [-0.25, -0.2) is 18.4 Å². The summed E-state index contributed by atoms with van der Waals surface area (Å²) in [5.74, 6) is -0.150. The first-order chi connectivity index (χ1) is 8.99. The average Bonchev–Trinajstić information content (AvgIpc) is 2.66. The molecule has 0 atom stereocenters. The van der Waals surface area contributed by atoms with Gasteiger partial charge in [-0.3, -0.25) is 9.36 Å². The number of aryl methyl sites for hydroxylation is 1. The van der Waals surface area contributed by atoms with Crippen molar-refractivity contribution in [3.05, 3.63) is 16.2 Å². The largest absolute Gasteiger partial charge is 0.406 e. The molecular formula is C9H8F3N3O3S2. The molecule has 0 radical (unpaired) electrons. The van der Waals surface area contributed by atoms with Crippen LogP contribution in [0.3, 0.4) is 0 Å². The Morgan fingerprint density at radius 3 is 2.40 bits per heavy atom. The van der Waals surface area contributed by atoms with E-state index in [1.807, 2.05) is 0 Å². The Hall–Kier alpha value is -1.49. The number of rotatable bonds is 2. The van der Waals surface area contributed by atoms with Crippen molar-refractivity contribution in [1.82, 2.24) is 14.5 Å². The Labute approximate surface area is 114 Å². The van der Waals surface area contributed by atoms with Gasteiger partial charge in [0.1, 0.15) is 12.4 Å². The fraction of sp³-hybridized carbons (Fsp3) is 0.444. The van der Waals surface area contributed by atoms with Crippen LogP contribution < -0.4 is 5.56 Å². The van der Waals surface area contributed by atoms with Crippen LogP contribution in [0, 0.1) is 6.92 Å². The highest BCUT2D eigenvalue weighted by Gasteiger charge is 2.30. The zero-order chi connectivity index (χ0) is 15.3. The van der Waals surface area contributed by atoms with Crippen LogP contribution in [0.2, 0.25) is 0 Å². The number of halogens is 3. The standard InChI is InChI=1S/C9H8F3N3O3S2/c1-4-13-6-5(14-8(19-6)20(2,17)18)7(16)15(4)3-9(10,11)12/h3H2,1-2H3. The molecule has 2 aromatic rings. The van der Waals surface area contributed by atoms with E-state index in [0.717, 1.165) is 6.26 Å². The normalized spacial score (nSPS) is 13.1. The van der Waals surface area contributed by atoms with Gasteiger partial charge in [0.15, 0.2) is 10.3 Å². The summed E-state index contributed by atoms with van der Waals surface area (Å²) in [4.78, 5) is 19.3. The van der Waals surface area contributed by atoms with E-state index in [9.17, 15) is 26.4 Å². The second-order valence-electron chi connectivity index (χ2n) is 4.07. The summed E-state index contributed by atoms with van der Waals surface area (Å²) in [6.45, 7) is -0.251. The average molecular weight is 327 g/mol. The monoisotopic (exact) mass is 327 g/mol. The van der Waals surface area contributed by atoms with Gasteiger partial charge in [0.2, 0.25) is 14.2 Å². The van der Waals surface area contributed by atoms with E-state index in [1.54, 1.807) is 0 Å². The molecule has 6 nitrogen and oxygen atoms in total. The third-order valence-electron chi connectivity index (χ3n) is 2.35. The number of sulfone groups is 1. The first kappa shape index (κ1) is 14.9. The summed E-state index contributed by atoms with van der Waals surface area (Å²) in [6, 6.07) is 0. The molecule has 0 aliphatic rings. The van der Waals surface area contributed by atoms with Gasteiger partial charge in [-0.2, -0.15) is 13.2 Å². The van der Waals surface area contributed by atoms with Crippen LogP contribution in [0.1, 0.15) is 5.82 Å². The molecule has 0 aliphatic carbocycles. The van der Waals surface area contributed by atoms with Crippen LogP contribution in [0.25, 0.3) is 10.3 Å². The zero-order valence-electron chi connectivity index (χ0n) is 10.2. The Kier molecular flexibility index (Phi) is 3.37. The first-order valence-corrected chi connectivity index (χ1v) is 7.84. The smallest absolute Gasteiger partial charge is 0.286 e. The quantitative estimate of drug-likeness (QED) is 0.826. The van der Waals surface area contributed by atoms with E-state index < -0.39 is 28.1 Å². The molecule has 0 fully saturated rings. The molecule has 110 valence electrons. The van der Waals surface area contributed by atoms with Crippen molar-refractivity contribution in [1.29, 1.82) is 0 Å². The molecule has 0 saturated heterocycles. The minimum Gasteiger partial charge on any atom is -0.286 e. The minimum absolute atomic E-state index is 0.00588. The fourth-order valence-electron chi connectivity index (χ4n) is 1.51. The summed E-state index contributed by atoms with van der Waals surface area (Å²) >= 11 is 0.654. The molecule has 0 spiro atoms. The third kappa shape index (κ3) is 2.82. The highest BCUT2D eigenvalue weighted by atomic mass is 32.2. The molecule has 0 N–H and O–H groups in total. The minimum atomic E-state index is -4.58. The van der Waals surface area contributed by atoms with E-state index in [0.29, 0.717) is 15.9 Å². The molecule has 0 unspecified atom stereocenters. The van der Waals surface area contributed by atoms with Crippen molar-refractivity contribution in [2.75, 3.05) is 6.26 Å². The van der Waals surface area contributed by atoms with Crippen LogP contribution in [-0.2, 0) is 16.4 Å². The number of nitrogens with zero attached hydrogens (tertiary/aromatic N) is 3. The number of fused-ring (bicyclic) bond motifs is 1. The second-order valence-corrected chi connectivity index (χ2v) is 7.24. The molecule has 2 aromatic heterocycles. The number of hydrogen-bond acceptors (Lipinski definition) is 6. The highest BCUT2D eigenvalue weighted by Crippen LogP contribution is 2.23. The van der Waals surface area contributed by atoms with Gasteiger partial charge in [0.25, 0.3) is 5.56 Å². The van der Waals surface area contributed by atoms with Crippen molar-refractivity contribution >= 4 is 31.5 Å². The van der Waals surface area contributed by atoms with Gasteiger partial charge in [-0.15, -0.1) is 0 Å². The first-order valence-electron chi connectivity index (χ1n) is 5.14. The maximum atomic E-state index is 12.4. The van der Waals surface area contributed by atoms with Crippen LogP contribution in [0.15, 0.2) is 9.13 Å². The van der Waals surface area contributed by atoms with Crippen molar-refractivity contribution < 1.29 is 21.6 Å². The van der Waals surface area contributed by atoms with Crippen molar-refractivity contribution in [2.45, 2.75) is 24.0 Å². The summed E-state index contributed by atoms with van der Waals surface area (Å²) in [5, 5.41) is 0. The SMILES string of the molecule is Cc1nc2sc(S(C)(=O)=O)nc2c(=O)n1CC(F)(F)F. The molecule has 20 heavy (non-hydrogen) atoms. The third-order valence-corrected chi connectivity index (χ3v) is 4.97. The fourth-order valence-corrected chi connectivity index (χ4v) is 3.32. The molecule has 2 heterocycles. The van der Waals surface area contributed by atoms with E-state index in [-0.39, 0.29) is 20.5 Å². The molecule has 0 aromatic carbocycles. The topological polar surface area (TPSA) is 81.9 Å². The van der Waals surface area contributed by atoms with Crippen LogP contribution in [0.4, 0.5) is 13.2 Å². The van der Waals surface area contributed by atoms with Crippen LogP contribution >= 0.6 is 11.3 Å². The van der Waals surface area contributed by atoms with Gasteiger partial charge in [-0.05, 0) is 6.92 Å². The lowest BCUT2D eigenvalue weighted by Gasteiger charge is -2.11. The number of thiazole rings is 1. The van der Waals surface area contributed by atoms with Gasteiger partial charge in [-0.1, -0.05) is 11.3 Å². The molecule has 0 aliphatic heterocycles. The van der Waals surface area contributed by atoms with Crippen molar-refractivity contribution in [3.63, 3.8) is 0 Å². The van der Waals surface area contributed by atoms with E-state index in [2.05, 4.69) is 9.97 Å². The van der Waals surface area contributed by atoms with E-state index in [4.69, 9.17) is 0 Å². The van der Waals surface area contributed by atoms with Crippen molar-refractivity contribution in [2.24, 2.45) is 0 Å². The maximum Gasteiger partial charge on any atom is 0.406 e. The van der Waals surface area contributed by atoms with E-state index in [1.165, 1.54) is 6.92 Å². The molecule has 0 bridgehead atoms. The molecule has 11 heteroatoms. The molecular weight excluding hydrogens is 319 g/mol. The Bertz CT molecular complexity index is 836. The molecule has 0 amide bonds. The number of aromatic nitrogens is 3. The zero-order valence-corrected chi connectivity index (χ0v) is 11.9. The lowest BCUT2D eigenvalue weighted by atomic mass is 10.4. The van der Waals surface area contributed by atoms with Crippen molar-refractivity contribution in [3.8, 4) is 0 Å². The van der Waals surface area contributed by atoms with Gasteiger partial charge in [0, 0.05) is 6.26 Å². The Morgan fingerprint density at radius 1 is 1.30 bits per heavy atom. The van der Waals surface area contributed by atoms with Gasteiger partial charge >= 0.3 is 6.18 Å². The lowest BCUT2D eigenvalue weighted by molar-refractivity contribution is -0.141. The highest BCUT2D eigenvalue weighted by molar-refractivity contribution is 7.92. The molecule has 2 rings (SSSR count). The molecule has 0 saturated carbocycles. The van der Waals surface area contributed by atoms with Crippen LogP contribution in [0.5, 0.6) is 0 Å². The lowest BCUT2D eigenvalue weighted by Crippen LogP contribution is -2.30. The summed E-state index contributed by atoms with van der Waals surface area (Å²) in [6.07, 6.45) is -3.69. The van der Waals surface area contributed by atoms with E-state index >= 15 is 0 Å².